The maximum atomic E-state index is 11.5. The van der Waals surface area contributed by atoms with Gasteiger partial charge in [0.2, 0.25) is 5.91 Å². The van der Waals surface area contributed by atoms with Gasteiger partial charge >= 0.3 is 0 Å². The maximum absolute atomic E-state index is 11.5. The summed E-state index contributed by atoms with van der Waals surface area (Å²) in [5, 5.41) is 9.34. The standard InChI is InChI=1S/C8H7Br2N3O2/c9-5-2-11-8(7(10)12-5)13-3-4(14)1-6(13)15/h2,4,14H,1,3H2. The number of aliphatic hydroxyl groups excluding tert-OH is 1. The summed E-state index contributed by atoms with van der Waals surface area (Å²) in [7, 11) is 0. The summed E-state index contributed by atoms with van der Waals surface area (Å²) in [6.07, 6.45) is 1.04. The Balaban J connectivity index is 2.34. The van der Waals surface area contributed by atoms with Crippen LogP contribution in [-0.2, 0) is 4.79 Å². The van der Waals surface area contributed by atoms with Crippen molar-refractivity contribution in [3.8, 4) is 0 Å². The number of aromatic nitrogens is 2. The largest absolute Gasteiger partial charge is 0.391 e. The lowest BCUT2D eigenvalue weighted by molar-refractivity contribution is -0.117. The molecule has 7 heteroatoms. The molecule has 5 nitrogen and oxygen atoms in total. The van der Waals surface area contributed by atoms with Gasteiger partial charge < -0.3 is 5.11 Å². The fourth-order valence-corrected chi connectivity index (χ4v) is 2.44. The molecule has 1 fully saturated rings. The van der Waals surface area contributed by atoms with E-state index in [1.807, 2.05) is 0 Å². The van der Waals surface area contributed by atoms with Crippen LogP contribution in [0, 0.1) is 0 Å². The first-order valence-electron chi connectivity index (χ1n) is 4.24. The molecule has 0 aliphatic carbocycles. The number of carbonyl (C=O) groups excluding carboxylic acids is 1. The summed E-state index contributed by atoms with van der Waals surface area (Å²) in [6.45, 7) is 0.272. The summed E-state index contributed by atoms with van der Waals surface area (Å²) >= 11 is 6.40. The first kappa shape index (κ1) is 11.0. The molecule has 1 amide bonds. The number of hydrogen-bond donors (Lipinski definition) is 1. The third kappa shape index (κ3) is 2.19. The molecule has 80 valence electrons. The van der Waals surface area contributed by atoms with Gasteiger partial charge in [-0.2, -0.15) is 0 Å². The maximum Gasteiger partial charge on any atom is 0.230 e. The lowest BCUT2D eigenvalue weighted by atomic mass is 10.3. The molecule has 1 aliphatic heterocycles. The van der Waals surface area contributed by atoms with Gasteiger partial charge in [-0.05, 0) is 31.9 Å². The van der Waals surface area contributed by atoms with Crippen LogP contribution in [-0.4, -0.2) is 33.6 Å². The van der Waals surface area contributed by atoms with Crippen LogP contribution in [0.5, 0.6) is 0 Å². The molecule has 1 aromatic heterocycles. The van der Waals surface area contributed by atoms with Gasteiger partial charge in [-0.25, -0.2) is 9.97 Å². The molecule has 15 heavy (non-hydrogen) atoms. The second-order valence-corrected chi connectivity index (χ2v) is 4.73. The van der Waals surface area contributed by atoms with Crippen LogP contribution >= 0.6 is 31.9 Å². The van der Waals surface area contributed by atoms with E-state index in [0.717, 1.165) is 0 Å². The Labute approximate surface area is 103 Å². The van der Waals surface area contributed by atoms with Crippen molar-refractivity contribution in [1.82, 2.24) is 9.97 Å². The molecule has 2 heterocycles. The van der Waals surface area contributed by atoms with Gasteiger partial charge in [0.15, 0.2) is 5.82 Å². The number of aliphatic hydroxyl groups is 1. The number of anilines is 1. The molecular formula is C8H7Br2N3O2. The van der Waals surface area contributed by atoms with Crippen LogP contribution in [0.25, 0.3) is 0 Å². The number of hydrogen-bond acceptors (Lipinski definition) is 4. The Kier molecular flexibility index (Phi) is 3.03. The SMILES string of the molecule is O=C1CC(O)CN1c1ncc(Br)nc1Br. The van der Waals surface area contributed by atoms with Crippen LogP contribution < -0.4 is 4.90 Å². The van der Waals surface area contributed by atoms with E-state index in [0.29, 0.717) is 15.0 Å². The Morgan fingerprint density at radius 1 is 1.53 bits per heavy atom. The Hall–Kier alpha value is -0.530. The highest BCUT2D eigenvalue weighted by Gasteiger charge is 2.31. The lowest BCUT2D eigenvalue weighted by Crippen LogP contribution is -2.26. The van der Waals surface area contributed by atoms with Crippen LogP contribution in [0.4, 0.5) is 5.82 Å². The highest BCUT2D eigenvalue weighted by atomic mass is 79.9. The van der Waals surface area contributed by atoms with Crippen molar-refractivity contribution in [2.75, 3.05) is 11.4 Å². The molecule has 0 radical (unpaired) electrons. The van der Waals surface area contributed by atoms with E-state index in [4.69, 9.17) is 0 Å². The van der Waals surface area contributed by atoms with Gasteiger partial charge in [-0.1, -0.05) is 0 Å². The zero-order valence-corrected chi connectivity index (χ0v) is 10.7. The van der Waals surface area contributed by atoms with E-state index in [-0.39, 0.29) is 18.9 Å². The molecule has 1 unspecified atom stereocenters. The topological polar surface area (TPSA) is 66.3 Å². The van der Waals surface area contributed by atoms with Crippen molar-refractivity contribution < 1.29 is 9.90 Å². The monoisotopic (exact) mass is 335 g/mol. The second kappa shape index (κ2) is 4.15. The molecule has 1 aliphatic rings. The smallest absolute Gasteiger partial charge is 0.230 e. The molecule has 1 saturated heterocycles. The number of rotatable bonds is 1. The molecular weight excluding hydrogens is 330 g/mol. The number of β-amino-alcohol motifs (C(OH)–C–C–N with tert-alkyl or cyclic N) is 1. The zero-order valence-electron chi connectivity index (χ0n) is 7.52. The molecule has 0 saturated carbocycles. The second-order valence-electron chi connectivity index (χ2n) is 3.17. The van der Waals surface area contributed by atoms with Gasteiger partial charge in [0.1, 0.15) is 9.21 Å². The normalized spacial score (nSPS) is 21.1. The third-order valence-electron chi connectivity index (χ3n) is 2.04. The lowest BCUT2D eigenvalue weighted by Gasteiger charge is -2.15. The molecule has 1 atom stereocenters. The summed E-state index contributed by atoms with van der Waals surface area (Å²) in [4.78, 5) is 21.1. The third-order valence-corrected chi connectivity index (χ3v) is 2.96. The van der Waals surface area contributed by atoms with Gasteiger partial charge in [0, 0.05) is 0 Å². The summed E-state index contributed by atoms with van der Waals surface area (Å²) < 4.78 is 1.07. The molecule has 1 aromatic rings. The minimum absolute atomic E-state index is 0.139. The average Bonchev–Trinajstić information content (AvgIpc) is 2.45. The van der Waals surface area contributed by atoms with E-state index < -0.39 is 6.10 Å². The number of nitrogens with zero attached hydrogens (tertiary/aromatic N) is 3. The molecule has 0 bridgehead atoms. The van der Waals surface area contributed by atoms with E-state index >= 15 is 0 Å². The predicted octanol–water partition coefficient (Wildman–Crippen LogP) is 1.10. The van der Waals surface area contributed by atoms with Crippen LogP contribution in [0.2, 0.25) is 0 Å². The quantitative estimate of drug-likeness (QED) is 0.834. The predicted molar refractivity (Wildman–Crippen MR) is 60.4 cm³/mol. The Morgan fingerprint density at radius 2 is 2.27 bits per heavy atom. The highest BCUT2D eigenvalue weighted by molar-refractivity contribution is 9.11. The molecule has 0 aromatic carbocycles. The van der Waals surface area contributed by atoms with E-state index in [9.17, 15) is 9.90 Å². The number of carbonyl (C=O) groups is 1. The van der Waals surface area contributed by atoms with Crippen molar-refractivity contribution in [2.45, 2.75) is 12.5 Å². The van der Waals surface area contributed by atoms with E-state index in [1.165, 1.54) is 11.1 Å². The van der Waals surface area contributed by atoms with E-state index in [1.54, 1.807) is 0 Å². The zero-order chi connectivity index (χ0) is 11.0. The van der Waals surface area contributed by atoms with Crippen molar-refractivity contribution in [1.29, 1.82) is 0 Å². The average molecular weight is 337 g/mol. The van der Waals surface area contributed by atoms with Crippen molar-refractivity contribution in [2.24, 2.45) is 0 Å². The highest BCUT2D eigenvalue weighted by Crippen LogP contribution is 2.26. The minimum atomic E-state index is -0.616. The molecule has 2 rings (SSSR count). The van der Waals surface area contributed by atoms with Gasteiger partial charge in [0.05, 0.1) is 25.3 Å². The summed E-state index contributed by atoms with van der Waals surface area (Å²) in [6, 6.07) is 0. The first-order chi connectivity index (χ1) is 7.08. The van der Waals surface area contributed by atoms with Crippen LogP contribution in [0.1, 0.15) is 6.42 Å². The van der Waals surface area contributed by atoms with Gasteiger partial charge in [-0.15, -0.1) is 0 Å². The fraction of sp³-hybridized carbons (Fsp3) is 0.375. The number of halogens is 2. The van der Waals surface area contributed by atoms with Crippen molar-refractivity contribution >= 4 is 43.6 Å². The van der Waals surface area contributed by atoms with Crippen LogP contribution in [0.3, 0.4) is 0 Å². The first-order valence-corrected chi connectivity index (χ1v) is 5.83. The fourth-order valence-electron chi connectivity index (χ4n) is 1.41. The Bertz CT molecular complexity index is 413. The molecule has 0 spiro atoms. The van der Waals surface area contributed by atoms with Crippen molar-refractivity contribution in [3.63, 3.8) is 0 Å². The van der Waals surface area contributed by atoms with Crippen molar-refractivity contribution in [3.05, 3.63) is 15.4 Å². The van der Waals surface area contributed by atoms with Crippen LogP contribution in [0.15, 0.2) is 15.4 Å². The van der Waals surface area contributed by atoms with Gasteiger partial charge in [-0.3, -0.25) is 9.69 Å². The summed E-state index contributed by atoms with van der Waals surface area (Å²) in [5.41, 5.74) is 0. The number of amides is 1. The summed E-state index contributed by atoms with van der Waals surface area (Å²) in [5.74, 6) is 0.305. The minimum Gasteiger partial charge on any atom is -0.391 e. The Morgan fingerprint density at radius 3 is 2.80 bits per heavy atom. The van der Waals surface area contributed by atoms with Gasteiger partial charge in [0.25, 0.3) is 0 Å². The van der Waals surface area contributed by atoms with E-state index in [2.05, 4.69) is 41.8 Å². The molecule has 1 N–H and O–H groups in total.